The second-order valence-electron chi connectivity index (χ2n) is 7.20. The Morgan fingerprint density at radius 3 is 2.67 bits per heavy atom. The van der Waals surface area contributed by atoms with E-state index in [1.165, 1.54) is 19.3 Å². The van der Waals surface area contributed by atoms with E-state index in [1.807, 2.05) is 32.9 Å². The van der Waals surface area contributed by atoms with Gasteiger partial charge in [-0.05, 0) is 52.8 Å². The van der Waals surface area contributed by atoms with E-state index in [2.05, 4.69) is 9.88 Å². The Morgan fingerprint density at radius 1 is 1.19 bits per heavy atom. The quantitative estimate of drug-likeness (QED) is 0.708. The number of hydrogen-bond acceptors (Lipinski definition) is 5. The zero-order valence-corrected chi connectivity index (χ0v) is 16.5. The number of carbonyl (C=O) groups excluding carboxylic acids is 1. The number of piperidine rings is 1. The molecule has 0 unspecified atom stereocenters. The maximum Gasteiger partial charge on any atom is 0.354 e. The normalized spacial score (nSPS) is 15.3. The lowest BCUT2D eigenvalue weighted by Gasteiger charge is -2.25. The van der Waals surface area contributed by atoms with E-state index in [1.54, 1.807) is 6.07 Å². The van der Waals surface area contributed by atoms with Crippen LogP contribution in [-0.4, -0.2) is 54.8 Å². The van der Waals surface area contributed by atoms with Crippen molar-refractivity contribution in [2.24, 2.45) is 0 Å². The Morgan fingerprint density at radius 2 is 1.96 bits per heavy atom. The fraction of sp³-hybridized carbons (Fsp3) is 0.571. The number of ether oxygens (including phenoxy) is 3. The SMILES string of the molecule is CCOc1cc(OC(C)C)c2cc(C(=O)OCCN3CCCCC3)[nH]c2c1. The van der Waals surface area contributed by atoms with E-state index in [0.717, 1.165) is 30.5 Å². The van der Waals surface area contributed by atoms with Gasteiger partial charge < -0.3 is 19.2 Å². The monoisotopic (exact) mass is 374 g/mol. The zero-order valence-electron chi connectivity index (χ0n) is 16.5. The predicted octanol–water partition coefficient (Wildman–Crippen LogP) is 4.00. The van der Waals surface area contributed by atoms with Crippen molar-refractivity contribution in [1.29, 1.82) is 0 Å². The van der Waals surface area contributed by atoms with E-state index in [4.69, 9.17) is 14.2 Å². The van der Waals surface area contributed by atoms with Crippen LogP contribution >= 0.6 is 0 Å². The molecule has 6 nitrogen and oxygen atoms in total. The Labute approximate surface area is 160 Å². The van der Waals surface area contributed by atoms with Gasteiger partial charge >= 0.3 is 5.97 Å². The maximum atomic E-state index is 12.5. The number of aromatic nitrogens is 1. The van der Waals surface area contributed by atoms with Crippen molar-refractivity contribution in [2.45, 2.75) is 46.1 Å². The first-order chi connectivity index (χ1) is 13.1. The Hall–Kier alpha value is -2.21. The van der Waals surface area contributed by atoms with Crippen molar-refractivity contribution in [3.8, 4) is 11.5 Å². The second-order valence-corrected chi connectivity index (χ2v) is 7.20. The number of esters is 1. The summed E-state index contributed by atoms with van der Waals surface area (Å²) in [6.07, 6.45) is 3.79. The third kappa shape index (κ3) is 5.16. The van der Waals surface area contributed by atoms with Gasteiger partial charge in [0.1, 0.15) is 23.8 Å². The van der Waals surface area contributed by atoms with Crippen molar-refractivity contribution in [2.75, 3.05) is 32.8 Å². The molecule has 1 aromatic heterocycles. The summed E-state index contributed by atoms with van der Waals surface area (Å²) in [7, 11) is 0. The van der Waals surface area contributed by atoms with Gasteiger partial charge in [0.05, 0.1) is 18.2 Å². The Balaban J connectivity index is 1.70. The Kier molecular flexibility index (Phi) is 6.61. The minimum absolute atomic E-state index is 0.0277. The number of hydrogen-bond donors (Lipinski definition) is 1. The summed E-state index contributed by atoms with van der Waals surface area (Å²) in [4.78, 5) is 18.0. The molecule has 148 valence electrons. The molecular formula is C21H30N2O4. The fourth-order valence-corrected chi connectivity index (χ4v) is 3.42. The highest BCUT2D eigenvalue weighted by Gasteiger charge is 2.17. The largest absolute Gasteiger partial charge is 0.494 e. The second kappa shape index (κ2) is 9.13. The van der Waals surface area contributed by atoms with Crippen LogP contribution in [-0.2, 0) is 4.74 Å². The van der Waals surface area contributed by atoms with Gasteiger partial charge in [0, 0.05) is 24.1 Å². The third-order valence-corrected chi connectivity index (χ3v) is 4.66. The smallest absolute Gasteiger partial charge is 0.354 e. The molecule has 0 radical (unpaired) electrons. The summed E-state index contributed by atoms with van der Waals surface area (Å²) in [6, 6.07) is 5.55. The molecule has 3 rings (SSSR count). The molecule has 1 N–H and O–H groups in total. The molecule has 2 heterocycles. The van der Waals surface area contributed by atoms with Crippen LogP contribution in [0.3, 0.4) is 0 Å². The molecule has 0 spiro atoms. The van der Waals surface area contributed by atoms with Gasteiger partial charge in [-0.15, -0.1) is 0 Å². The third-order valence-electron chi connectivity index (χ3n) is 4.66. The van der Waals surface area contributed by atoms with Crippen LogP contribution in [0.25, 0.3) is 10.9 Å². The van der Waals surface area contributed by atoms with Crippen LogP contribution in [0.2, 0.25) is 0 Å². The van der Waals surface area contributed by atoms with Gasteiger partial charge in [-0.3, -0.25) is 4.90 Å². The van der Waals surface area contributed by atoms with Gasteiger partial charge in [-0.1, -0.05) is 6.42 Å². The molecule has 1 aliphatic rings. The standard InChI is InChI=1S/C21H30N2O4/c1-4-25-16-12-18-17(20(13-16)27-15(2)3)14-19(22-18)21(24)26-11-10-23-8-6-5-7-9-23/h12-15,22H,4-11H2,1-3H3. The van der Waals surface area contributed by atoms with Crippen LogP contribution in [0.4, 0.5) is 0 Å². The number of likely N-dealkylation sites (tertiary alicyclic amines) is 1. The van der Waals surface area contributed by atoms with Crippen LogP contribution in [0, 0.1) is 0 Å². The number of nitrogens with one attached hydrogen (secondary N) is 1. The maximum absolute atomic E-state index is 12.5. The van der Waals surface area contributed by atoms with Crippen molar-refractivity contribution in [3.63, 3.8) is 0 Å². The lowest BCUT2D eigenvalue weighted by molar-refractivity contribution is 0.0446. The van der Waals surface area contributed by atoms with Crippen molar-refractivity contribution in [3.05, 3.63) is 23.9 Å². The van der Waals surface area contributed by atoms with E-state index >= 15 is 0 Å². The molecule has 6 heteroatoms. The zero-order chi connectivity index (χ0) is 19.2. The predicted molar refractivity (Wildman–Crippen MR) is 106 cm³/mol. The number of H-pyrrole nitrogens is 1. The van der Waals surface area contributed by atoms with Crippen LogP contribution in [0.5, 0.6) is 11.5 Å². The average Bonchev–Trinajstić information content (AvgIpc) is 3.07. The van der Waals surface area contributed by atoms with Crippen molar-refractivity contribution >= 4 is 16.9 Å². The highest BCUT2D eigenvalue weighted by atomic mass is 16.5. The lowest BCUT2D eigenvalue weighted by Crippen LogP contribution is -2.33. The summed E-state index contributed by atoms with van der Waals surface area (Å²) >= 11 is 0. The molecule has 0 aliphatic carbocycles. The highest BCUT2D eigenvalue weighted by molar-refractivity contribution is 5.97. The van der Waals surface area contributed by atoms with E-state index in [9.17, 15) is 4.79 Å². The first-order valence-electron chi connectivity index (χ1n) is 9.92. The molecule has 0 amide bonds. The molecule has 27 heavy (non-hydrogen) atoms. The first kappa shape index (κ1) is 19.5. The summed E-state index contributed by atoms with van der Waals surface area (Å²) in [5.41, 5.74) is 1.24. The van der Waals surface area contributed by atoms with E-state index in [0.29, 0.717) is 30.4 Å². The van der Waals surface area contributed by atoms with Crippen LogP contribution < -0.4 is 9.47 Å². The minimum Gasteiger partial charge on any atom is -0.494 e. The number of benzene rings is 1. The van der Waals surface area contributed by atoms with Gasteiger partial charge in [0.15, 0.2) is 0 Å². The molecule has 1 saturated heterocycles. The molecule has 1 aliphatic heterocycles. The number of carbonyl (C=O) groups is 1. The fourth-order valence-electron chi connectivity index (χ4n) is 3.42. The number of rotatable bonds is 8. The molecule has 1 aromatic carbocycles. The van der Waals surface area contributed by atoms with E-state index < -0.39 is 0 Å². The topological polar surface area (TPSA) is 63.8 Å². The number of nitrogens with zero attached hydrogens (tertiary/aromatic N) is 1. The summed E-state index contributed by atoms with van der Waals surface area (Å²) in [5, 5.41) is 0.857. The van der Waals surface area contributed by atoms with E-state index in [-0.39, 0.29) is 12.1 Å². The minimum atomic E-state index is -0.336. The van der Waals surface area contributed by atoms with Crippen molar-refractivity contribution in [1.82, 2.24) is 9.88 Å². The summed E-state index contributed by atoms with van der Waals surface area (Å²) in [6.45, 7) is 9.85. The highest BCUT2D eigenvalue weighted by Crippen LogP contribution is 2.33. The Bertz CT molecular complexity index is 763. The number of aromatic amines is 1. The summed E-state index contributed by atoms with van der Waals surface area (Å²) < 4.78 is 17.0. The van der Waals surface area contributed by atoms with Crippen molar-refractivity contribution < 1.29 is 19.0 Å². The van der Waals surface area contributed by atoms with Crippen LogP contribution in [0.15, 0.2) is 18.2 Å². The first-order valence-corrected chi connectivity index (χ1v) is 9.92. The van der Waals surface area contributed by atoms with Gasteiger partial charge in [-0.2, -0.15) is 0 Å². The lowest BCUT2D eigenvalue weighted by atomic mass is 10.1. The van der Waals surface area contributed by atoms with Gasteiger partial charge in [0.25, 0.3) is 0 Å². The molecule has 1 fully saturated rings. The molecule has 2 aromatic rings. The molecule has 0 bridgehead atoms. The van der Waals surface area contributed by atoms with Gasteiger partial charge in [0.2, 0.25) is 0 Å². The van der Waals surface area contributed by atoms with Crippen LogP contribution in [0.1, 0.15) is 50.5 Å². The molecular weight excluding hydrogens is 344 g/mol. The average molecular weight is 374 g/mol. The molecule has 0 saturated carbocycles. The van der Waals surface area contributed by atoms with Gasteiger partial charge in [-0.25, -0.2) is 4.79 Å². The molecule has 0 atom stereocenters. The summed E-state index contributed by atoms with van der Waals surface area (Å²) in [5.74, 6) is 1.08. The number of fused-ring (bicyclic) bond motifs is 1.